The zero-order chi connectivity index (χ0) is 13.0. The van der Waals surface area contributed by atoms with E-state index in [1.165, 1.54) is 0 Å². The van der Waals surface area contributed by atoms with Crippen molar-refractivity contribution < 1.29 is 0 Å². The number of thioether (sulfide) groups is 1. The Balaban J connectivity index is 2.11. The van der Waals surface area contributed by atoms with Gasteiger partial charge in [-0.3, -0.25) is 0 Å². The predicted octanol–water partition coefficient (Wildman–Crippen LogP) is 3.07. The van der Waals surface area contributed by atoms with Crippen molar-refractivity contribution in [2.24, 2.45) is 0 Å². The van der Waals surface area contributed by atoms with E-state index in [0.29, 0.717) is 11.7 Å². The lowest BCUT2D eigenvalue weighted by molar-refractivity contribution is 0.866. The van der Waals surface area contributed by atoms with Gasteiger partial charge in [0.2, 0.25) is 5.95 Å². The van der Waals surface area contributed by atoms with Crippen molar-refractivity contribution in [3.8, 4) is 0 Å². The highest BCUT2D eigenvalue weighted by Gasteiger charge is 2.05. The molecule has 0 aliphatic rings. The Bertz CT molecular complexity index is 547. The number of hydrogen-bond acceptors (Lipinski definition) is 5. The first kappa shape index (κ1) is 13.3. The van der Waals surface area contributed by atoms with E-state index in [-0.39, 0.29) is 0 Å². The molecule has 1 aromatic heterocycles. The van der Waals surface area contributed by atoms with Crippen molar-refractivity contribution in [3.05, 3.63) is 40.4 Å². The molecule has 0 fully saturated rings. The summed E-state index contributed by atoms with van der Waals surface area (Å²) in [4.78, 5) is 13.7. The molecule has 2 N–H and O–H groups in total. The second-order valence-corrected chi connectivity index (χ2v) is 5.47. The second kappa shape index (κ2) is 6.15. The van der Waals surface area contributed by atoms with Crippen molar-refractivity contribution in [2.45, 2.75) is 24.0 Å². The van der Waals surface area contributed by atoms with E-state index in [4.69, 9.17) is 5.73 Å². The zero-order valence-corrected chi connectivity index (χ0v) is 12.3. The average molecular weight is 325 g/mol. The van der Waals surface area contributed by atoms with E-state index in [9.17, 15) is 0 Å². The molecule has 6 heteroatoms. The molecule has 0 unspecified atom stereocenters. The highest BCUT2D eigenvalue weighted by molar-refractivity contribution is 9.10. The molecule has 94 valence electrons. The average Bonchev–Trinajstić information content (AvgIpc) is 2.37. The van der Waals surface area contributed by atoms with Crippen LogP contribution in [0.25, 0.3) is 0 Å². The standard InChI is InChI=1S/C12H13BrN4S/c1-2-10-15-11(17-12(14)16-10)7-18-9-6-4-3-5-8(9)13/h3-6H,2,7H2,1H3,(H2,14,15,16,17). The van der Waals surface area contributed by atoms with Gasteiger partial charge in [-0.25, -0.2) is 4.98 Å². The Morgan fingerprint density at radius 3 is 2.61 bits per heavy atom. The van der Waals surface area contributed by atoms with Crippen molar-refractivity contribution in [1.29, 1.82) is 0 Å². The maximum Gasteiger partial charge on any atom is 0.223 e. The lowest BCUT2D eigenvalue weighted by atomic mass is 10.4. The van der Waals surface area contributed by atoms with Crippen LogP contribution in [0, 0.1) is 0 Å². The Morgan fingerprint density at radius 1 is 1.17 bits per heavy atom. The summed E-state index contributed by atoms with van der Waals surface area (Å²) >= 11 is 5.19. The first-order valence-electron chi connectivity index (χ1n) is 5.55. The van der Waals surface area contributed by atoms with Crippen LogP contribution in [0.2, 0.25) is 0 Å². The molecule has 1 heterocycles. The van der Waals surface area contributed by atoms with Crippen LogP contribution < -0.4 is 5.73 Å². The van der Waals surface area contributed by atoms with Crippen molar-refractivity contribution in [1.82, 2.24) is 15.0 Å². The topological polar surface area (TPSA) is 64.7 Å². The molecular weight excluding hydrogens is 312 g/mol. The van der Waals surface area contributed by atoms with Gasteiger partial charge in [-0.2, -0.15) is 9.97 Å². The lowest BCUT2D eigenvalue weighted by Gasteiger charge is -2.05. The second-order valence-electron chi connectivity index (χ2n) is 3.60. The molecule has 4 nitrogen and oxygen atoms in total. The highest BCUT2D eigenvalue weighted by Crippen LogP contribution is 2.28. The molecule has 0 aliphatic carbocycles. The summed E-state index contributed by atoms with van der Waals surface area (Å²) in [5.74, 6) is 2.44. The molecule has 0 saturated carbocycles. The number of rotatable bonds is 4. The Kier molecular flexibility index (Phi) is 4.54. The van der Waals surface area contributed by atoms with Gasteiger partial charge in [0.1, 0.15) is 11.6 Å². The minimum atomic E-state index is 0.296. The summed E-state index contributed by atoms with van der Waals surface area (Å²) in [7, 11) is 0. The smallest absolute Gasteiger partial charge is 0.223 e. The van der Waals surface area contributed by atoms with Crippen LogP contribution in [0.15, 0.2) is 33.6 Å². The van der Waals surface area contributed by atoms with Gasteiger partial charge in [-0.1, -0.05) is 19.1 Å². The first-order valence-corrected chi connectivity index (χ1v) is 7.33. The molecule has 0 bridgehead atoms. The van der Waals surface area contributed by atoms with Crippen LogP contribution in [0.3, 0.4) is 0 Å². The fourth-order valence-electron chi connectivity index (χ4n) is 1.42. The van der Waals surface area contributed by atoms with Gasteiger partial charge in [-0.05, 0) is 28.1 Å². The number of nitrogens with zero attached hydrogens (tertiary/aromatic N) is 3. The molecule has 2 aromatic rings. The van der Waals surface area contributed by atoms with Crippen LogP contribution in [-0.4, -0.2) is 15.0 Å². The van der Waals surface area contributed by atoms with E-state index < -0.39 is 0 Å². The largest absolute Gasteiger partial charge is 0.368 e. The van der Waals surface area contributed by atoms with Gasteiger partial charge >= 0.3 is 0 Å². The third-order valence-electron chi connectivity index (χ3n) is 2.25. The highest BCUT2D eigenvalue weighted by atomic mass is 79.9. The first-order chi connectivity index (χ1) is 8.69. The number of hydrogen-bond donors (Lipinski definition) is 1. The molecule has 0 amide bonds. The maximum absolute atomic E-state index is 5.65. The van der Waals surface area contributed by atoms with Crippen LogP contribution in [0.4, 0.5) is 5.95 Å². The van der Waals surface area contributed by atoms with E-state index >= 15 is 0 Å². The number of nitrogen functional groups attached to an aromatic ring is 1. The molecule has 2 rings (SSSR count). The van der Waals surface area contributed by atoms with Crippen molar-refractivity contribution in [2.75, 3.05) is 5.73 Å². The summed E-state index contributed by atoms with van der Waals surface area (Å²) in [5.41, 5.74) is 5.65. The van der Waals surface area contributed by atoms with Crippen molar-refractivity contribution in [3.63, 3.8) is 0 Å². The summed E-state index contributed by atoms with van der Waals surface area (Å²) < 4.78 is 1.08. The Labute approximate surface area is 119 Å². The van der Waals surface area contributed by atoms with E-state index in [0.717, 1.165) is 27.4 Å². The summed E-state index contributed by atoms with van der Waals surface area (Å²) in [5, 5.41) is 0. The van der Waals surface area contributed by atoms with Gasteiger partial charge in [0.05, 0.1) is 5.75 Å². The Morgan fingerprint density at radius 2 is 1.89 bits per heavy atom. The zero-order valence-electron chi connectivity index (χ0n) is 9.93. The fourth-order valence-corrected chi connectivity index (χ4v) is 2.84. The van der Waals surface area contributed by atoms with E-state index in [1.54, 1.807) is 11.8 Å². The van der Waals surface area contributed by atoms with Gasteiger partial charge in [0.25, 0.3) is 0 Å². The SMILES string of the molecule is CCc1nc(N)nc(CSc2ccccc2Br)n1. The summed E-state index contributed by atoms with van der Waals surface area (Å²) in [6, 6.07) is 8.07. The minimum absolute atomic E-state index is 0.296. The normalized spacial score (nSPS) is 10.6. The van der Waals surface area contributed by atoms with Crippen LogP contribution in [0.1, 0.15) is 18.6 Å². The molecule has 1 aromatic carbocycles. The van der Waals surface area contributed by atoms with Gasteiger partial charge in [0, 0.05) is 15.8 Å². The molecule has 0 saturated heterocycles. The van der Waals surface area contributed by atoms with Crippen LogP contribution >= 0.6 is 27.7 Å². The predicted molar refractivity (Wildman–Crippen MR) is 77.3 cm³/mol. The number of anilines is 1. The number of nitrogens with two attached hydrogens (primary N) is 1. The minimum Gasteiger partial charge on any atom is -0.368 e. The fraction of sp³-hybridized carbons (Fsp3) is 0.250. The molecule has 0 radical (unpaired) electrons. The molecule has 18 heavy (non-hydrogen) atoms. The molecule has 0 spiro atoms. The molecule has 0 atom stereocenters. The number of aryl methyl sites for hydroxylation is 1. The van der Waals surface area contributed by atoms with Crippen LogP contribution in [0.5, 0.6) is 0 Å². The number of aromatic nitrogens is 3. The monoisotopic (exact) mass is 324 g/mol. The third kappa shape index (κ3) is 3.43. The molecule has 0 aliphatic heterocycles. The summed E-state index contributed by atoms with van der Waals surface area (Å²) in [6.45, 7) is 2.00. The third-order valence-corrected chi connectivity index (χ3v) is 4.28. The van der Waals surface area contributed by atoms with Gasteiger partial charge in [0.15, 0.2) is 0 Å². The van der Waals surface area contributed by atoms with Crippen molar-refractivity contribution >= 4 is 33.6 Å². The molecular formula is C12H13BrN4S. The van der Waals surface area contributed by atoms with E-state index in [2.05, 4.69) is 36.9 Å². The lowest BCUT2D eigenvalue weighted by Crippen LogP contribution is -2.05. The van der Waals surface area contributed by atoms with Gasteiger partial charge in [-0.15, -0.1) is 11.8 Å². The summed E-state index contributed by atoms with van der Waals surface area (Å²) in [6.07, 6.45) is 0.763. The quantitative estimate of drug-likeness (QED) is 0.875. The van der Waals surface area contributed by atoms with Crippen LogP contribution in [-0.2, 0) is 12.2 Å². The number of halogens is 1. The Hall–Kier alpha value is -1.14. The van der Waals surface area contributed by atoms with E-state index in [1.807, 2.05) is 25.1 Å². The number of benzene rings is 1. The van der Waals surface area contributed by atoms with Gasteiger partial charge < -0.3 is 5.73 Å². The maximum atomic E-state index is 5.65.